The minimum atomic E-state index is 0.157. The fraction of sp³-hybridized carbons (Fsp3) is 0.333. The summed E-state index contributed by atoms with van der Waals surface area (Å²) in [4.78, 5) is 5.04. The standard InChI is InChI=1S/C27H28N2S/c1-27(2,3)21-15-13-19(14-16-21)18-30-26-24(17-28)22-11-7-8-12-23(22)25(29-26)20-9-5-4-6-10-20/h4-6,9-10,13-16H,7-8,11-12,18H2,1-3H3. The molecule has 152 valence electrons. The molecule has 30 heavy (non-hydrogen) atoms. The van der Waals surface area contributed by atoms with E-state index in [0.29, 0.717) is 0 Å². The summed E-state index contributed by atoms with van der Waals surface area (Å²) < 4.78 is 0. The van der Waals surface area contributed by atoms with Crippen molar-refractivity contribution in [3.63, 3.8) is 0 Å². The Balaban J connectivity index is 1.68. The Labute approximate surface area is 184 Å². The molecule has 0 aliphatic heterocycles. The highest BCUT2D eigenvalue weighted by molar-refractivity contribution is 7.98. The van der Waals surface area contributed by atoms with Crippen LogP contribution < -0.4 is 0 Å². The topological polar surface area (TPSA) is 36.7 Å². The van der Waals surface area contributed by atoms with E-state index < -0.39 is 0 Å². The number of thioether (sulfide) groups is 1. The maximum atomic E-state index is 9.96. The zero-order valence-electron chi connectivity index (χ0n) is 18.0. The molecule has 0 radical (unpaired) electrons. The van der Waals surface area contributed by atoms with Gasteiger partial charge in [0, 0.05) is 11.3 Å². The number of hydrogen-bond donors (Lipinski definition) is 0. The predicted molar refractivity (Wildman–Crippen MR) is 126 cm³/mol. The van der Waals surface area contributed by atoms with Gasteiger partial charge in [-0.25, -0.2) is 4.98 Å². The van der Waals surface area contributed by atoms with Crippen LogP contribution in [0.3, 0.4) is 0 Å². The summed E-state index contributed by atoms with van der Waals surface area (Å²) in [6, 6.07) is 21.8. The van der Waals surface area contributed by atoms with Gasteiger partial charge in [-0.2, -0.15) is 5.26 Å². The average molecular weight is 413 g/mol. The van der Waals surface area contributed by atoms with E-state index in [1.165, 1.54) is 28.7 Å². The number of nitriles is 1. The van der Waals surface area contributed by atoms with Gasteiger partial charge in [0.2, 0.25) is 0 Å². The molecular formula is C27H28N2S. The number of hydrogen-bond acceptors (Lipinski definition) is 3. The number of aromatic nitrogens is 1. The molecule has 0 atom stereocenters. The number of fused-ring (bicyclic) bond motifs is 1. The van der Waals surface area contributed by atoms with Gasteiger partial charge >= 0.3 is 0 Å². The van der Waals surface area contributed by atoms with Crippen LogP contribution in [0.5, 0.6) is 0 Å². The lowest BCUT2D eigenvalue weighted by atomic mass is 9.86. The maximum Gasteiger partial charge on any atom is 0.115 e. The van der Waals surface area contributed by atoms with Crippen molar-refractivity contribution in [2.75, 3.05) is 0 Å². The van der Waals surface area contributed by atoms with Crippen molar-refractivity contribution in [1.29, 1.82) is 5.26 Å². The van der Waals surface area contributed by atoms with Crippen molar-refractivity contribution < 1.29 is 0 Å². The first kappa shape index (κ1) is 20.7. The predicted octanol–water partition coefficient (Wildman–Crippen LogP) is 7.09. The Hall–Kier alpha value is -2.57. The average Bonchev–Trinajstić information content (AvgIpc) is 2.77. The molecule has 1 aromatic heterocycles. The highest BCUT2D eigenvalue weighted by Gasteiger charge is 2.23. The molecule has 0 bridgehead atoms. The lowest BCUT2D eigenvalue weighted by Crippen LogP contribution is -2.11. The van der Waals surface area contributed by atoms with Crippen LogP contribution >= 0.6 is 11.8 Å². The van der Waals surface area contributed by atoms with E-state index in [2.05, 4.69) is 75.4 Å². The third-order valence-corrected chi connectivity index (χ3v) is 6.88. The SMILES string of the molecule is CC(C)(C)c1ccc(CSc2nc(-c3ccccc3)c3c(c2C#N)CCCC3)cc1. The van der Waals surface area contributed by atoms with Crippen LogP contribution in [0.15, 0.2) is 59.6 Å². The fourth-order valence-electron chi connectivity index (χ4n) is 4.10. The molecule has 2 aromatic carbocycles. The fourth-order valence-corrected chi connectivity index (χ4v) is 5.07. The summed E-state index contributed by atoms with van der Waals surface area (Å²) in [5, 5.41) is 10.8. The largest absolute Gasteiger partial charge is 0.240 e. The number of rotatable bonds is 4. The number of nitrogens with zero attached hydrogens (tertiary/aromatic N) is 2. The lowest BCUT2D eigenvalue weighted by Gasteiger charge is -2.22. The van der Waals surface area contributed by atoms with Crippen LogP contribution in [0.4, 0.5) is 0 Å². The van der Waals surface area contributed by atoms with Gasteiger partial charge in [0.1, 0.15) is 11.1 Å². The van der Waals surface area contributed by atoms with Crippen molar-refractivity contribution in [1.82, 2.24) is 4.98 Å². The second-order valence-corrected chi connectivity index (χ2v) is 9.98. The van der Waals surface area contributed by atoms with Gasteiger partial charge in [0.25, 0.3) is 0 Å². The summed E-state index contributed by atoms with van der Waals surface area (Å²) >= 11 is 1.69. The molecule has 1 aliphatic carbocycles. The molecule has 4 rings (SSSR count). The summed E-state index contributed by atoms with van der Waals surface area (Å²) in [5.74, 6) is 0.819. The van der Waals surface area contributed by atoms with E-state index in [9.17, 15) is 5.26 Å². The van der Waals surface area contributed by atoms with E-state index in [4.69, 9.17) is 4.98 Å². The summed E-state index contributed by atoms with van der Waals surface area (Å²) in [6.45, 7) is 6.70. The minimum Gasteiger partial charge on any atom is -0.240 e. The van der Waals surface area contributed by atoms with Gasteiger partial charge in [-0.1, -0.05) is 75.4 Å². The van der Waals surface area contributed by atoms with Crippen LogP contribution in [-0.2, 0) is 24.0 Å². The normalized spacial score (nSPS) is 13.5. The van der Waals surface area contributed by atoms with Crippen LogP contribution in [0.1, 0.15) is 61.4 Å². The third kappa shape index (κ3) is 4.30. The van der Waals surface area contributed by atoms with E-state index >= 15 is 0 Å². The molecule has 0 unspecified atom stereocenters. The Morgan fingerprint density at radius 3 is 2.23 bits per heavy atom. The smallest absolute Gasteiger partial charge is 0.115 e. The van der Waals surface area contributed by atoms with Crippen LogP contribution in [0, 0.1) is 11.3 Å². The summed E-state index contributed by atoms with van der Waals surface area (Å²) in [7, 11) is 0. The zero-order valence-corrected chi connectivity index (χ0v) is 18.9. The Kier molecular flexibility index (Phi) is 5.97. The molecule has 1 heterocycles. The Morgan fingerprint density at radius 2 is 1.60 bits per heavy atom. The van der Waals surface area contributed by atoms with Gasteiger partial charge in [-0.15, -0.1) is 11.8 Å². The Morgan fingerprint density at radius 1 is 0.933 bits per heavy atom. The second-order valence-electron chi connectivity index (χ2n) is 9.02. The lowest BCUT2D eigenvalue weighted by molar-refractivity contribution is 0.590. The molecule has 0 N–H and O–H groups in total. The van der Waals surface area contributed by atoms with Gasteiger partial charge in [0.15, 0.2) is 0 Å². The molecule has 1 aliphatic rings. The third-order valence-electron chi connectivity index (χ3n) is 5.84. The van der Waals surface area contributed by atoms with Crippen LogP contribution in [-0.4, -0.2) is 4.98 Å². The van der Waals surface area contributed by atoms with Crippen LogP contribution in [0.2, 0.25) is 0 Å². The van der Waals surface area contributed by atoms with Crippen molar-refractivity contribution in [2.24, 2.45) is 0 Å². The second kappa shape index (κ2) is 8.66. The Bertz CT molecular complexity index is 1070. The zero-order chi connectivity index (χ0) is 21.1. The van der Waals surface area contributed by atoms with E-state index in [0.717, 1.165) is 46.9 Å². The first-order valence-electron chi connectivity index (χ1n) is 10.7. The highest BCUT2D eigenvalue weighted by atomic mass is 32.2. The number of pyridine rings is 1. The van der Waals surface area contributed by atoms with Gasteiger partial charge < -0.3 is 0 Å². The van der Waals surface area contributed by atoms with Crippen molar-refractivity contribution in [2.45, 2.75) is 62.6 Å². The first-order chi connectivity index (χ1) is 14.5. The van der Waals surface area contributed by atoms with Crippen molar-refractivity contribution in [3.05, 3.63) is 82.4 Å². The molecule has 0 saturated carbocycles. The van der Waals surface area contributed by atoms with Crippen LogP contribution in [0.25, 0.3) is 11.3 Å². The molecule has 2 nitrogen and oxygen atoms in total. The van der Waals surface area contributed by atoms with Gasteiger partial charge in [0.05, 0.1) is 11.3 Å². The summed E-state index contributed by atoms with van der Waals surface area (Å²) in [6.07, 6.45) is 4.32. The molecule has 0 spiro atoms. The van der Waals surface area contributed by atoms with Gasteiger partial charge in [-0.05, 0) is 53.4 Å². The highest BCUT2D eigenvalue weighted by Crippen LogP contribution is 2.37. The summed E-state index contributed by atoms with van der Waals surface area (Å²) in [5.41, 5.74) is 8.27. The van der Waals surface area contributed by atoms with E-state index in [1.54, 1.807) is 11.8 Å². The van der Waals surface area contributed by atoms with E-state index in [1.807, 2.05) is 6.07 Å². The molecule has 3 heteroatoms. The first-order valence-corrected chi connectivity index (χ1v) is 11.7. The maximum absolute atomic E-state index is 9.96. The van der Waals surface area contributed by atoms with Crippen molar-refractivity contribution in [3.8, 4) is 17.3 Å². The van der Waals surface area contributed by atoms with Crippen molar-refractivity contribution >= 4 is 11.8 Å². The molecular weight excluding hydrogens is 384 g/mol. The van der Waals surface area contributed by atoms with E-state index in [-0.39, 0.29) is 5.41 Å². The number of benzene rings is 2. The molecule has 0 saturated heterocycles. The monoisotopic (exact) mass is 412 g/mol. The quantitative estimate of drug-likeness (QED) is 0.429. The molecule has 0 amide bonds. The minimum absolute atomic E-state index is 0.157. The van der Waals surface area contributed by atoms with Gasteiger partial charge in [-0.3, -0.25) is 0 Å². The molecule has 3 aromatic rings. The molecule has 0 fully saturated rings.